The Kier molecular flexibility index (Phi) is 3.10. The molecule has 0 aliphatic rings. The summed E-state index contributed by atoms with van der Waals surface area (Å²) in [6.07, 6.45) is 0. The van der Waals surface area contributed by atoms with Gasteiger partial charge in [0.05, 0.1) is 6.54 Å². The van der Waals surface area contributed by atoms with Crippen LogP contribution in [0.1, 0.15) is 11.8 Å². The molecule has 1 heterocycles. The summed E-state index contributed by atoms with van der Waals surface area (Å²) >= 11 is 1.63. The van der Waals surface area contributed by atoms with E-state index in [2.05, 4.69) is 0 Å². The van der Waals surface area contributed by atoms with Crippen LogP contribution in [0.25, 0.3) is 0 Å². The van der Waals surface area contributed by atoms with Gasteiger partial charge < -0.3 is 10.6 Å². The van der Waals surface area contributed by atoms with E-state index in [9.17, 15) is 4.79 Å². The standard InChI is InChI=1S/C8H12N2OS/c1-2-10(8(9)11)6-7-4-3-5-12-7/h3-5H,2,6H2,1H3,(H2,9,11). The zero-order chi connectivity index (χ0) is 8.97. The van der Waals surface area contributed by atoms with E-state index in [0.29, 0.717) is 13.1 Å². The second-order valence-corrected chi connectivity index (χ2v) is 3.46. The molecule has 2 N–H and O–H groups in total. The van der Waals surface area contributed by atoms with Gasteiger partial charge in [0, 0.05) is 11.4 Å². The van der Waals surface area contributed by atoms with Crippen LogP contribution in [-0.2, 0) is 6.54 Å². The van der Waals surface area contributed by atoms with Crippen molar-refractivity contribution in [2.75, 3.05) is 6.54 Å². The lowest BCUT2D eigenvalue weighted by molar-refractivity contribution is 0.208. The number of thiophene rings is 1. The summed E-state index contributed by atoms with van der Waals surface area (Å²) in [4.78, 5) is 13.6. The zero-order valence-electron chi connectivity index (χ0n) is 6.99. The van der Waals surface area contributed by atoms with Gasteiger partial charge in [-0.15, -0.1) is 11.3 Å². The smallest absolute Gasteiger partial charge is 0.315 e. The van der Waals surface area contributed by atoms with Crippen molar-refractivity contribution >= 4 is 17.4 Å². The van der Waals surface area contributed by atoms with Crippen molar-refractivity contribution in [2.45, 2.75) is 13.5 Å². The quantitative estimate of drug-likeness (QED) is 0.762. The zero-order valence-corrected chi connectivity index (χ0v) is 7.80. The van der Waals surface area contributed by atoms with Gasteiger partial charge in [0.2, 0.25) is 0 Å². The molecular weight excluding hydrogens is 172 g/mol. The number of rotatable bonds is 3. The molecule has 0 saturated heterocycles. The molecular formula is C8H12N2OS. The molecule has 0 radical (unpaired) electrons. The maximum absolute atomic E-state index is 10.8. The Morgan fingerprint density at radius 1 is 1.75 bits per heavy atom. The lowest BCUT2D eigenvalue weighted by Crippen LogP contribution is -2.34. The lowest BCUT2D eigenvalue weighted by atomic mass is 10.4. The first-order chi connectivity index (χ1) is 5.74. The second kappa shape index (κ2) is 4.11. The molecule has 0 spiro atoms. The minimum absolute atomic E-state index is 0.356. The number of carbonyl (C=O) groups is 1. The Balaban J connectivity index is 2.54. The average Bonchev–Trinajstić information content (AvgIpc) is 2.51. The van der Waals surface area contributed by atoms with E-state index in [4.69, 9.17) is 5.73 Å². The number of nitrogens with zero attached hydrogens (tertiary/aromatic N) is 1. The van der Waals surface area contributed by atoms with Crippen LogP contribution in [0.5, 0.6) is 0 Å². The topological polar surface area (TPSA) is 46.3 Å². The lowest BCUT2D eigenvalue weighted by Gasteiger charge is -2.16. The molecule has 0 fully saturated rings. The van der Waals surface area contributed by atoms with Crippen LogP contribution in [0, 0.1) is 0 Å². The number of carbonyl (C=O) groups excluding carboxylic acids is 1. The van der Waals surface area contributed by atoms with E-state index in [1.807, 2.05) is 24.4 Å². The van der Waals surface area contributed by atoms with Gasteiger partial charge in [-0.1, -0.05) is 6.07 Å². The average molecular weight is 184 g/mol. The molecule has 0 bridgehead atoms. The van der Waals surface area contributed by atoms with Gasteiger partial charge in [-0.25, -0.2) is 4.79 Å². The summed E-state index contributed by atoms with van der Waals surface area (Å²) in [5, 5.41) is 1.99. The first kappa shape index (κ1) is 9.06. The van der Waals surface area contributed by atoms with Crippen LogP contribution >= 0.6 is 11.3 Å². The largest absolute Gasteiger partial charge is 0.351 e. The molecule has 1 aromatic rings. The highest BCUT2D eigenvalue weighted by atomic mass is 32.1. The summed E-state index contributed by atoms with van der Waals surface area (Å²) in [6, 6.07) is 3.61. The summed E-state index contributed by atoms with van der Waals surface area (Å²) in [7, 11) is 0. The molecule has 2 amide bonds. The van der Waals surface area contributed by atoms with Crippen molar-refractivity contribution in [1.82, 2.24) is 4.90 Å². The minimum atomic E-state index is -0.356. The molecule has 0 aromatic carbocycles. The van der Waals surface area contributed by atoms with Crippen molar-refractivity contribution in [3.8, 4) is 0 Å². The van der Waals surface area contributed by atoms with Gasteiger partial charge in [0.15, 0.2) is 0 Å². The van der Waals surface area contributed by atoms with E-state index in [-0.39, 0.29) is 6.03 Å². The number of nitrogens with two attached hydrogens (primary N) is 1. The monoisotopic (exact) mass is 184 g/mol. The number of urea groups is 1. The highest BCUT2D eigenvalue weighted by Crippen LogP contribution is 2.11. The Morgan fingerprint density at radius 2 is 2.50 bits per heavy atom. The van der Waals surface area contributed by atoms with Gasteiger partial charge in [-0.2, -0.15) is 0 Å². The van der Waals surface area contributed by atoms with Crippen molar-refractivity contribution in [1.29, 1.82) is 0 Å². The van der Waals surface area contributed by atoms with Crippen LogP contribution in [0.4, 0.5) is 4.79 Å². The number of primary amides is 1. The first-order valence-electron chi connectivity index (χ1n) is 3.80. The molecule has 0 saturated carbocycles. The van der Waals surface area contributed by atoms with E-state index in [0.717, 1.165) is 4.88 Å². The summed E-state index contributed by atoms with van der Waals surface area (Å²) in [6.45, 7) is 3.20. The Morgan fingerprint density at radius 3 is 2.92 bits per heavy atom. The molecule has 0 unspecified atom stereocenters. The third kappa shape index (κ3) is 2.23. The van der Waals surface area contributed by atoms with Crippen LogP contribution < -0.4 is 5.73 Å². The summed E-state index contributed by atoms with van der Waals surface area (Å²) in [5.41, 5.74) is 5.16. The van der Waals surface area contributed by atoms with Crippen molar-refractivity contribution in [2.24, 2.45) is 5.73 Å². The Hall–Kier alpha value is -1.03. The van der Waals surface area contributed by atoms with Crippen LogP contribution in [-0.4, -0.2) is 17.5 Å². The van der Waals surface area contributed by atoms with E-state index in [1.165, 1.54) is 0 Å². The van der Waals surface area contributed by atoms with E-state index >= 15 is 0 Å². The molecule has 0 aliphatic heterocycles. The summed E-state index contributed by atoms with van der Waals surface area (Å²) in [5.74, 6) is 0. The normalized spacial score (nSPS) is 9.75. The maximum atomic E-state index is 10.8. The highest BCUT2D eigenvalue weighted by molar-refractivity contribution is 7.09. The van der Waals surface area contributed by atoms with Gasteiger partial charge >= 0.3 is 6.03 Å². The fourth-order valence-corrected chi connectivity index (χ4v) is 1.66. The fourth-order valence-electron chi connectivity index (χ4n) is 0.936. The Bertz CT molecular complexity index is 246. The highest BCUT2D eigenvalue weighted by Gasteiger charge is 2.07. The van der Waals surface area contributed by atoms with Gasteiger partial charge in [0.25, 0.3) is 0 Å². The number of amides is 2. The van der Waals surface area contributed by atoms with Gasteiger partial charge in [-0.05, 0) is 18.4 Å². The molecule has 4 heteroatoms. The molecule has 12 heavy (non-hydrogen) atoms. The van der Waals surface area contributed by atoms with E-state index < -0.39 is 0 Å². The number of hydrogen-bond donors (Lipinski definition) is 1. The maximum Gasteiger partial charge on any atom is 0.315 e. The summed E-state index contributed by atoms with van der Waals surface area (Å²) < 4.78 is 0. The minimum Gasteiger partial charge on any atom is -0.351 e. The van der Waals surface area contributed by atoms with Crippen molar-refractivity contribution in [3.05, 3.63) is 22.4 Å². The van der Waals surface area contributed by atoms with Crippen molar-refractivity contribution < 1.29 is 4.79 Å². The molecule has 66 valence electrons. The predicted octanol–water partition coefficient (Wildman–Crippen LogP) is 1.65. The second-order valence-electron chi connectivity index (χ2n) is 2.43. The van der Waals surface area contributed by atoms with Crippen LogP contribution in [0.3, 0.4) is 0 Å². The van der Waals surface area contributed by atoms with Gasteiger partial charge in [0.1, 0.15) is 0 Å². The van der Waals surface area contributed by atoms with Gasteiger partial charge in [-0.3, -0.25) is 0 Å². The van der Waals surface area contributed by atoms with Crippen LogP contribution in [0.2, 0.25) is 0 Å². The van der Waals surface area contributed by atoms with Crippen molar-refractivity contribution in [3.63, 3.8) is 0 Å². The first-order valence-corrected chi connectivity index (χ1v) is 4.68. The van der Waals surface area contributed by atoms with Crippen LogP contribution in [0.15, 0.2) is 17.5 Å². The molecule has 1 rings (SSSR count). The third-order valence-electron chi connectivity index (χ3n) is 1.62. The fraction of sp³-hybridized carbons (Fsp3) is 0.375. The molecule has 3 nitrogen and oxygen atoms in total. The van der Waals surface area contributed by atoms with E-state index in [1.54, 1.807) is 16.2 Å². The predicted molar refractivity (Wildman–Crippen MR) is 50.0 cm³/mol. The molecule has 0 atom stereocenters. The molecule has 1 aromatic heterocycles. The SMILES string of the molecule is CCN(Cc1cccs1)C(N)=O. The third-order valence-corrected chi connectivity index (χ3v) is 2.48. The Labute approximate surface area is 75.8 Å². The molecule has 0 aliphatic carbocycles. The number of hydrogen-bond acceptors (Lipinski definition) is 2.